The third kappa shape index (κ3) is 3.59. The van der Waals surface area contributed by atoms with Crippen LogP contribution in [0.25, 0.3) is 16.7 Å². The van der Waals surface area contributed by atoms with Gasteiger partial charge in [-0.2, -0.15) is 0 Å². The van der Waals surface area contributed by atoms with Gasteiger partial charge in [-0.25, -0.2) is 13.8 Å². The number of halogens is 3. The summed E-state index contributed by atoms with van der Waals surface area (Å²) in [5.74, 6) is -2.28. The minimum absolute atomic E-state index is 0.0932. The third-order valence-corrected chi connectivity index (χ3v) is 4.84. The lowest BCUT2D eigenvalue weighted by atomic mass is 10.2. The number of hydrogen-bond acceptors (Lipinski definition) is 2. The van der Waals surface area contributed by atoms with E-state index in [1.54, 1.807) is 18.2 Å². The second kappa shape index (κ2) is 7.64. The van der Waals surface area contributed by atoms with Crippen LogP contribution in [-0.4, -0.2) is 27.4 Å². The summed E-state index contributed by atoms with van der Waals surface area (Å²) in [6.45, 7) is 0.0932. The second-order valence-corrected chi connectivity index (χ2v) is 7.03. The van der Waals surface area contributed by atoms with Crippen LogP contribution >= 0.6 is 11.6 Å². The largest absolute Gasteiger partial charge is 0.334 e. The fourth-order valence-electron chi connectivity index (χ4n) is 3.23. The maximum Gasteiger partial charge on any atom is 0.257 e. The molecular weight excluding hydrogens is 396 g/mol. The molecule has 0 aliphatic heterocycles. The lowest BCUT2D eigenvalue weighted by molar-refractivity contribution is 0.0775. The lowest BCUT2D eigenvalue weighted by Crippen LogP contribution is -2.28. The summed E-state index contributed by atoms with van der Waals surface area (Å²) >= 11 is 6.17. The van der Waals surface area contributed by atoms with Crippen LogP contribution in [0.4, 0.5) is 8.78 Å². The van der Waals surface area contributed by atoms with Crippen LogP contribution in [0.5, 0.6) is 0 Å². The van der Waals surface area contributed by atoms with Gasteiger partial charge >= 0.3 is 0 Å². The van der Waals surface area contributed by atoms with Crippen molar-refractivity contribution in [2.75, 3.05) is 7.05 Å². The highest BCUT2D eigenvalue weighted by molar-refractivity contribution is 6.31. The summed E-state index contributed by atoms with van der Waals surface area (Å²) in [5.41, 5.74) is 2.03. The molecular formula is C22H16ClF2N3O. The Balaban J connectivity index is 1.76. The zero-order valence-electron chi connectivity index (χ0n) is 15.4. The molecule has 0 bridgehead atoms. The Morgan fingerprint density at radius 2 is 1.83 bits per heavy atom. The zero-order chi connectivity index (χ0) is 20.5. The highest BCUT2D eigenvalue weighted by Gasteiger charge is 2.21. The Kier molecular flexibility index (Phi) is 5.03. The van der Waals surface area contributed by atoms with Crippen LogP contribution in [-0.2, 0) is 6.54 Å². The van der Waals surface area contributed by atoms with Crippen LogP contribution in [0.2, 0.25) is 5.02 Å². The number of amides is 1. The smallest absolute Gasteiger partial charge is 0.257 e. The summed E-state index contributed by atoms with van der Waals surface area (Å²) in [6, 6.07) is 18.4. The number of hydrogen-bond donors (Lipinski definition) is 0. The second-order valence-electron chi connectivity index (χ2n) is 6.59. The van der Waals surface area contributed by atoms with E-state index in [2.05, 4.69) is 4.98 Å². The Hall–Kier alpha value is -3.25. The average Bonchev–Trinajstić information content (AvgIpc) is 3.07. The maximum atomic E-state index is 14.0. The molecule has 0 saturated heterocycles. The van der Waals surface area contributed by atoms with Gasteiger partial charge in [0.25, 0.3) is 5.91 Å². The van der Waals surface area contributed by atoms with Crippen molar-refractivity contribution in [3.8, 4) is 5.69 Å². The molecule has 0 aliphatic carbocycles. The molecule has 0 unspecified atom stereocenters. The number of carbonyl (C=O) groups is 1. The van der Waals surface area contributed by atoms with E-state index in [4.69, 9.17) is 11.6 Å². The van der Waals surface area contributed by atoms with Crippen molar-refractivity contribution in [2.24, 2.45) is 0 Å². The highest BCUT2D eigenvalue weighted by atomic mass is 35.5. The predicted molar refractivity (Wildman–Crippen MR) is 108 cm³/mol. The first-order valence-electron chi connectivity index (χ1n) is 8.87. The lowest BCUT2D eigenvalue weighted by Gasteiger charge is -2.18. The average molecular weight is 412 g/mol. The number of carbonyl (C=O) groups excluding carboxylic acids is 1. The monoisotopic (exact) mass is 411 g/mol. The van der Waals surface area contributed by atoms with E-state index in [0.29, 0.717) is 16.4 Å². The van der Waals surface area contributed by atoms with Crippen LogP contribution in [0.15, 0.2) is 66.7 Å². The molecule has 0 aliphatic rings. The van der Waals surface area contributed by atoms with Gasteiger partial charge in [0.1, 0.15) is 5.82 Å². The van der Waals surface area contributed by atoms with E-state index in [1.165, 1.54) is 24.1 Å². The first-order valence-corrected chi connectivity index (χ1v) is 9.25. The Labute approximate surface area is 171 Å². The van der Waals surface area contributed by atoms with Gasteiger partial charge in [0.05, 0.1) is 23.1 Å². The molecule has 3 aromatic carbocycles. The summed E-state index contributed by atoms with van der Waals surface area (Å²) < 4.78 is 29.5. The van der Waals surface area contributed by atoms with Crippen molar-refractivity contribution < 1.29 is 13.6 Å². The van der Waals surface area contributed by atoms with E-state index in [-0.39, 0.29) is 12.1 Å². The maximum absolute atomic E-state index is 14.0. The molecule has 0 saturated carbocycles. The van der Waals surface area contributed by atoms with Crippen molar-refractivity contribution in [2.45, 2.75) is 6.54 Å². The highest BCUT2D eigenvalue weighted by Crippen LogP contribution is 2.25. The minimum Gasteiger partial charge on any atom is -0.334 e. The number of fused-ring (bicyclic) bond motifs is 1. The minimum atomic E-state index is -1.16. The van der Waals surface area contributed by atoms with Gasteiger partial charge in [-0.1, -0.05) is 35.9 Å². The van der Waals surface area contributed by atoms with Crippen LogP contribution in [0.1, 0.15) is 16.2 Å². The topological polar surface area (TPSA) is 38.1 Å². The van der Waals surface area contributed by atoms with Gasteiger partial charge in [-0.15, -0.1) is 0 Å². The van der Waals surface area contributed by atoms with Crippen molar-refractivity contribution in [1.82, 2.24) is 14.5 Å². The summed E-state index contributed by atoms with van der Waals surface area (Å²) in [6.07, 6.45) is 0. The number of nitrogens with zero attached hydrogens (tertiary/aromatic N) is 3. The fraction of sp³-hybridized carbons (Fsp3) is 0.0909. The van der Waals surface area contributed by atoms with Crippen molar-refractivity contribution in [3.05, 3.63) is 94.8 Å². The Bertz CT molecular complexity index is 1210. The zero-order valence-corrected chi connectivity index (χ0v) is 16.2. The van der Waals surface area contributed by atoms with E-state index < -0.39 is 17.5 Å². The third-order valence-electron chi connectivity index (χ3n) is 4.61. The molecule has 1 amide bonds. The van der Waals surface area contributed by atoms with Crippen molar-refractivity contribution in [3.63, 3.8) is 0 Å². The van der Waals surface area contributed by atoms with E-state index in [0.717, 1.165) is 17.3 Å². The fourth-order valence-corrected chi connectivity index (χ4v) is 3.39. The molecule has 0 atom stereocenters. The standard InChI is InChI=1S/C22H16ClF2N3O/c1-27(22(29)16-8-5-9-17(24)21(16)25)13-20-26-18-11-10-14(23)12-19(18)28(20)15-6-3-2-4-7-15/h2-12H,13H2,1H3. The molecule has 4 rings (SSSR count). The van der Waals surface area contributed by atoms with Gasteiger partial charge in [0, 0.05) is 17.8 Å². The summed E-state index contributed by atoms with van der Waals surface area (Å²) in [7, 11) is 1.52. The molecule has 1 aromatic heterocycles. The summed E-state index contributed by atoms with van der Waals surface area (Å²) in [5, 5.41) is 0.562. The van der Waals surface area contributed by atoms with Gasteiger partial charge in [-0.3, -0.25) is 9.36 Å². The molecule has 4 aromatic rings. The van der Waals surface area contributed by atoms with Crippen LogP contribution < -0.4 is 0 Å². The normalized spacial score (nSPS) is 11.0. The van der Waals surface area contributed by atoms with E-state index >= 15 is 0 Å². The molecule has 4 nitrogen and oxygen atoms in total. The van der Waals surface area contributed by atoms with Crippen molar-refractivity contribution in [1.29, 1.82) is 0 Å². The number of imidazole rings is 1. The van der Waals surface area contributed by atoms with Gasteiger partial charge in [0.15, 0.2) is 11.6 Å². The SMILES string of the molecule is CN(Cc1nc2ccc(Cl)cc2n1-c1ccccc1)C(=O)c1cccc(F)c1F. The number of rotatable bonds is 4. The van der Waals surface area contributed by atoms with Crippen molar-refractivity contribution >= 4 is 28.5 Å². The molecule has 0 fully saturated rings. The molecule has 29 heavy (non-hydrogen) atoms. The molecule has 0 N–H and O–H groups in total. The molecule has 1 heterocycles. The molecule has 0 radical (unpaired) electrons. The van der Waals surface area contributed by atoms with Gasteiger partial charge in [-0.05, 0) is 42.5 Å². The van der Waals surface area contributed by atoms with E-state index in [9.17, 15) is 13.6 Å². The number of para-hydroxylation sites is 1. The molecule has 146 valence electrons. The first kappa shape index (κ1) is 19.1. The van der Waals surface area contributed by atoms with E-state index in [1.807, 2.05) is 34.9 Å². The quantitative estimate of drug-likeness (QED) is 0.461. The Morgan fingerprint density at radius 1 is 1.07 bits per heavy atom. The van der Waals surface area contributed by atoms with Crippen LogP contribution in [0, 0.1) is 11.6 Å². The molecule has 0 spiro atoms. The summed E-state index contributed by atoms with van der Waals surface area (Å²) in [4.78, 5) is 18.6. The molecule has 7 heteroatoms. The van der Waals surface area contributed by atoms with Gasteiger partial charge < -0.3 is 4.90 Å². The Morgan fingerprint density at radius 3 is 2.59 bits per heavy atom. The number of benzene rings is 3. The number of aromatic nitrogens is 2. The first-order chi connectivity index (χ1) is 14.0. The van der Waals surface area contributed by atoms with Gasteiger partial charge in [0.2, 0.25) is 0 Å². The van der Waals surface area contributed by atoms with Crippen LogP contribution in [0.3, 0.4) is 0 Å². The predicted octanol–water partition coefficient (Wildman–Crippen LogP) is 5.23.